The van der Waals surface area contributed by atoms with Crippen molar-refractivity contribution in [1.29, 1.82) is 5.26 Å². The third-order valence-corrected chi connectivity index (χ3v) is 5.69. The van der Waals surface area contributed by atoms with Crippen molar-refractivity contribution < 1.29 is 22.3 Å². The molecular weight excluding hydrogens is 419 g/mol. The van der Waals surface area contributed by atoms with E-state index in [1.54, 1.807) is 11.4 Å². The lowest BCUT2D eigenvalue weighted by molar-refractivity contribution is -0.118. The lowest BCUT2D eigenvalue weighted by Gasteiger charge is -2.09. The van der Waals surface area contributed by atoms with Gasteiger partial charge in [0.25, 0.3) is 15.9 Å². The van der Waals surface area contributed by atoms with Crippen LogP contribution in [0.25, 0.3) is 0 Å². The van der Waals surface area contributed by atoms with E-state index in [-0.39, 0.29) is 21.3 Å². The van der Waals surface area contributed by atoms with E-state index in [0.29, 0.717) is 5.69 Å². The third kappa shape index (κ3) is 5.28. The molecule has 0 fully saturated rings. The van der Waals surface area contributed by atoms with Crippen molar-refractivity contribution in [2.75, 3.05) is 16.6 Å². The minimum absolute atomic E-state index is 0.00148. The number of nitrogens with zero attached hydrogens (tertiary/aromatic N) is 2. The molecule has 0 spiro atoms. The number of nitriles is 1. The molecule has 29 heavy (non-hydrogen) atoms. The molecule has 8 nitrogen and oxygen atoms in total. The monoisotopic (exact) mass is 432 g/mol. The molecule has 1 amide bonds. The highest BCUT2D eigenvalue weighted by Gasteiger charge is 2.15. The van der Waals surface area contributed by atoms with Crippen LogP contribution in [0.2, 0.25) is 0 Å². The maximum absolute atomic E-state index is 13.7. The smallest absolute Gasteiger partial charge is 0.263 e. The first kappa shape index (κ1) is 20.2. The van der Waals surface area contributed by atoms with Gasteiger partial charge in [0.2, 0.25) is 0 Å². The second-order valence-corrected chi connectivity index (χ2v) is 8.14. The number of hydrogen-bond acceptors (Lipinski definition) is 7. The Hall–Kier alpha value is -3.49. The molecule has 3 aromatic rings. The van der Waals surface area contributed by atoms with Crippen molar-refractivity contribution >= 4 is 38.1 Å². The number of aromatic nitrogens is 1. The molecule has 0 saturated carbocycles. The molecule has 11 heteroatoms. The van der Waals surface area contributed by atoms with Crippen LogP contribution >= 0.6 is 11.3 Å². The van der Waals surface area contributed by atoms with E-state index in [1.807, 2.05) is 0 Å². The van der Waals surface area contributed by atoms with Crippen LogP contribution in [-0.4, -0.2) is 25.9 Å². The lowest BCUT2D eigenvalue weighted by atomic mass is 10.2. The number of halogens is 1. The number of sulfonamides is 1. The Morgan fingerprint density at radius 2 is 2.00 bits per heavy atom. The Labute approximate surface area is 169 Å². The van der Waals surface area contributed by atoms with Gasteiger partial charge in [-0.25, -0.2) is 17.8 Å². The second-order valence-electron chi connectivity index (χ2n) is 5.56. The summed E-state index contributed by atoms with van der Waals surface area (Å²) in [6.07, 6.45) is 1.48. The summed E-state index contributed by atoms with van der Waals surface area (Å²) in [4.78, 5) is 15.8. The van der Waals surface area contributed by atoms with Crippen molar-refractivity contribution in [3.63, 3.8) is 0 Å². The molecule has 148 valence electrons. The number of carbonyl (C=O) groups excluding carboxylic acids is 1. The van der Waals surface area contributed by atoms with Gasteiger partial charge < -0.3 is 10.1 Å². The molecule has 0 aliphatic rings. The molecule has 2 N–H and O–H groups in total. The molecule has 0 aliphatic heterocycles. The molecule has 3 rings (SSSR count). The van der Waals surface area contributed by atoms with Gasteiger partial charge in [-0.15, -0.1) is 11.3 Å². The van der Waals surface area contributed by atoms with Gasteiger partial charge in [-0.2, -0.15) is 5.26 Å². The van der Waals surface area contributed by atoms with E-state index in [4.69, 9.17) is 10.00 Å². The number of rotatable bonds is 7. The van der Waals surface area contributed by atoms with Crippen molar-refractivity contribution in [3.05, 3.63) is 65.4 Å². The largest absolute Gasteiger partial charge is 0.481 e. The fourth-order valence-corrected chi connectivity index (χ4v) is 3.98. The molecule has 2 aromatic carbocycles. The number of thiazole rings is 1. The summed E-state index contributed by atoms with van der Waals surface area (Å²) in [5, 5.41) is 13.1. The lowest BCUT2D eigenvalue weighted by Crippen LogP contribution is -2.20. The van der Waals surface area contributed by atoms with Gasteiger partial charge in [0.05, 0.1) is 16.5 Å². The Kier molecular flexibility index (Phi) is 6.06. The van der Waals surface area contributed by atoms with Gasteiger partial charge in [0, 0.05) is 17.3 Å². The van der Waals surface area contributed by atoms with Crippen molar-refractivity contribution in [3.8, 4) is 11.8 Å². The number of ether oxygens (including phenoxy) is 1. The summed E-state index contributed by atoms with van der Waals surface area (Å²) in [5.41, 5.74) is 0.478. The Bertz CT molecular complexity index is 1160. The van der Waals surface area contributed by atoms with Crippen molar-refractivity contribution in [2.45, 2.75) is 4.90 Å². The summed E-state index contributed by atoms with van der Waals surface area (Å²) < 4.78 is 45.7. The predicted molar refractivity (Wildman–Crippen MR) is 105 cm³/mol. The number of hydrogen-bond donors (Lipinski definition) is 2. The number of benzene rings is 2. The summed E-state index contributed by atoms with van der Waals surface area (Å²) in [5.74, 6) is -1.47. The second kappa shape index (κ2) is 8.68. The van der Waals surface area contributed by atoms with E-state index >= 15 is 0 Å². The van der Waals surface area contributed by atoms with Gasteiger partial charge in [0.15, 0.2) is 23.3 Å². The Balaban J connectivity index is 1.58. The molecule has 0 atom stereocenters. The average Bonchev–Trinajstić information content (AvgIpc) is 3.19. The fourth-order valence-electron chi connectivity index (χ4n) is 2.19. The molecule has 0 radical (unpaired) electrons. The van der Waals surface area contributed by atoms with Crippen molar-refractivity contribution in [1.82, 2.24) is 4.98 Å². The molecule has 0 saturated heterocycles. The van der Waals surface area contributed by atoms with E-state index < -0.39 is 28.4 Å². The van der Waals surface area contributed by atoms with Crippen LogP contribution < -0.4 is 14.8 Å². The van der Waals surface area contributed by atoms with Gasteiger partial charge in [-0.1, -0.05) is 0 Å². The normalized spacial score (nSPS) is 10.8. The molecule has 0 bridgehead atoms. The zero-order valence-electron chi connectivity index (χ0n) is 14.6. The van der Waals surface area contributed by atoms with Gasteiger partial charge in [-0.3, -0.25) is 9.52 Å². The quantitative estimate of drug-likeness (QED) is 0.592. The summed E-state index contributed by atoms with van der Waals surface area (Å²) in [6, 6.07) is 10.9. The minimum atomic E-state index is -3.79. The molecule has 0 aliphatic carbocycles. The van der Waals surface area contributed by atoms with Crippen molar-refractivity contribution in [2.24, 2.45) is 0 Å². The van der Waals surface area contributed by atoms with Gasteiger partial charge >= 0.3 is 0 Å². The molecule has 1 aromatic heterocycles. The molecular formula is C18H13FN4O4S2. The van der Waals surface area contributed by atoms with Gasteiger partial charge in [0.1, 0.15) is 0 Å². The highest BCUT2D eigenvalue weighted by molar-refractivity contribution is 7.93. The predicted octanol–water partition coefficient (Wildman–Crippen LogP) is 2.97. The van der Waals surface area contributed by atoms with E-state index in [2.05, 4.69) is 15.0 Å². The highest BCUT2D eigenvalue weighted by atomic mass is 32.2. The summed E-state index contributed by atoms with van der Waals surface area (Å²) in [7, 11) is -3.79. The van der Waals surface area contributed by atoms with Crippen LogP contribution in [0.4, 0.5) is 15.2 Å². The first-order chi connectivity index (χ1) is 13.9. The average molecular weight is 432 g/mol. The maximum atomic E-state index is 13.7. The minimum Gasteiger partial charge on any atom is -0.481 e. The van der Waals surface area contributed by atoms with Gasteiger partial charge in [-0.05, 0) is 42.5 Å². The number of nitrogens with one attached hydrogen (secondary N) is 2. The number of anilines is 2. The Morgan fingerprint density at radius 1 is 1.24 bits per heavy atom. The topological polar surface area (TPSA) is 121 Å². The standard InChI is InChI=1S/C18H13FN4O4S2/c19-15-9-12(10-20)1-6-16(15)27-11-17(24)22-13-2-4-14(5-3-13)29(25,26)23-18-21-7-8-28-18/h1-9H,11H2,(H,21,23)(H,22,24). The van der Waals surface area contributed by atoms with Crippen LogP contribution in [0.3, 0.4) is 0 Å². The Morgan fingerprint density at radius 3 is 2.62 bits per heavy atom. The summed E-state index contributed by atoms with van der Waals surface area (Å²) in [6.45, 7) is -0.464. The van der Waals surface area contributed by atoms with Crippen LogP contribution in [0.1, 0.15) is 5.56 Å². The van der Waals surface area contributed by atoms with Crippen LogP contribution in [0, 0.1) is 17.1 Å². The zero-order valence-corrected chi connectivity index (χ0v) is 16.3. The zero-order chi connectivity index (χ0) is 20.9. The van der Waals surface area contributed by atoms with Crippen LogP contribution in [0.15, 0.2) is 58.9 Å². The van der Waals surface area contributed by atoms with E-state index in [1.165, 1.54) is 42.6 Å². The maximum Gasteiger partial charge on any atom is 0.263 e. The number of carbonyl (C=O) groups is 1. The third-order valence-electron chi connectivity index (χ3n) is 3.52. The highest BCUT2D eigenvalue weighted by Crippen LogP contribution is 2.20. The van der Waals surface area contributed by atoms with E-state index in [0.717, 1.165) is 17.4 Å². The van der Waals surface area contributed by atoms with Crippen LogP contribution in [0.5, 0.6) is 5.75 Å². The fraction of sp³-hybridized carbons (Fsp3) is 0.0556. The summed E-state index contributed by atoms with van der Waals surface area (Å²) >= 11 is 1.15. The van der Waals surface area contributed by atoms with E-state index in [9.17, 15) is 17.6 Å². The first-order valence-electron chi connectivity index (χ1n) is 8.02. The SMILES string of the molecule is N#Cc1ccc(OCC(=O)Nc2ccc(S(=O)(=O)Nc3nccs3)cc2)c(F)c1. The van der Waals surface area contributed by atoms with Crippen LogP contribution in [-0.2, 0) is 14.8 Å². The molecule has 0 unspecified atom stereocenters. The molecule has 1 heterocycles. The first-order valence-corrected chi connectivity index (χ1v) is 10.4. The number of amides is 1.